The standard InChI is InChI=1S/C23H25N7O2/c1-14-8-18-19(28-22(14)31)9-16(11-26-18)13-29-6-7-30(15(2)12-29)21-5-4-17(23(32)25-3)27-20(21)10-24/h4-5,8-9,11,15H,6-7,12-13H2,1-3H3,(H,25,32)(H,28,31)/t15-/m1/s1. The number of fused-ring (bicyclic) bond motifs is 1. The van der Waals surface area contributed by atoms with Crippen LogP contribution in [0, 0.1) is 18.3 Å². The van der Waals surface area contributed by atoms with E-state index in [1.54, 1.807) is 25.1 Å². The Morgan fingerprint density at radius 1 is 1.34 bits per heavy atom. The molecule has 1 aliphatic rings. The van der Waals surface area contributed by atoms with Crippen molar-refractivity contribution in [1.29, 1.82) is 5.26 Å². The van der Waals surface area contributed by atoms with Crippen molar-refractivity contribution in [3.8, 4) is 6.07 Å². The van der Waals surface area contributed by atoms with Gasteiger partial charge in [-0.2, -0.15) is 5.26 Å². The number of nitrogens with one attached hydrogen (secondary N) is 2. The van der Waals surface area contributed by atoms with Crippen molar-refractivity contribution < 1.29 is 4.79 Å². The molecule has 1 fully saturated rings. The molecule has 0 spiro atoms. The Morgan fingerprint density at radius 2 is 2.16 bits per heavy atom. The van der Waals surface area contributed by atoms with Gasteiger partial charge in [0.1, 0.15) is 11.8 Å². The van der Waals surface area contributed by atoms with Crippen LogP contribution in [0.3, 0.4) is 0 Å². The molecule has 3 aromatic rings. The zero-order valence-electron chi connectivity index (χ0n) is 18.3. The first-order valence-electron chi connectivity index (χ1n) is 10.5. The van der Waals surface area contributed by atoms with Crippen LogP contribution in [0.25, 0.3) is 11.0 Å². The first kappa shape index (κ1) is 21.5. The number of carbonyl (C=O) groups is 1. The number of rotatable bonds is 4. The van der Waals surface area contributed by atoms with Gasteiger partial charge in [0.05, 0.1) is 16.7 Å². The summed E-state index contributed by atoms with van der Waals surface area (Å²) in [5, 5.41) is 12.1. The molecular formula is C23H25N7O2. The molecule has 1 atom stereocenters. The number of anilines is 1. The summed E-state index contributed by atoms with van der Waals surface area (Å²) < 4.78 is 0. The molecule has 0 unspecified atom stereocenters. The molecule has 1 saturated heterocycles. The van der Waals surface area contributed by atoms with Gasteiger partial charge in [-0.1, -0.05) is 0 Å². The van der Waals surface area contributed by atoms with Gasteiger partial charge in [-0.05, 0) is 43.7 Å². The van der Waals surface area contributed by atoms with Crippen LogP contribution < -0.4 is 15.8 Å². The summed E-state index contributed by atoms with van der Waals surface area (Å²) in [7, 11) is 1.54. The lowest BCUT2D eigenvalue weighted by atomic mass is 10.1. The van der Waals surface area contributed by atoms with Crippen LogP contribution in [0.2, 0.25) is 0 Å². The number of nitriles is 1. The fourth-order valence-electron chi connectivity index (χ4n) is 4.12. The molecule has 0 radical (unpaired) electrons. The van der Waals surface area contributed by atoms with Gasteiger partial charge >= 0.3 is 0 Å². The predicted molar refractivity (Wildman–Crippen MR) is 122 cm³/mol. The molecule has 1 amide bonds. The smallest absolute Gasteiger partial charge is 0.269 e. The molecule has 4 rings (SSSR count). The van der Waals surface area contributed by atoms with Crippen LogP contribution in [-0.2, 0) is 6.54 Å². The molecule has 1 aliphatic heterocycles. The van der Waals surface area contributed by atoms with Crippen LogP contribution >= 0.6 is 0 Å². The normalized spacial score (nSPS) is 16.7. The molecule has 0 aliphatic carbocycles. The highest BCUT2D eigenvalue weighted by molar-refractivity contribution is 5.92. The van der Waals surface area contributed by atoms with Gasteiger partial charge in [-0.25, -0.2) is 4.98 Å². The first-order chi connectivity index (χ1) is 15.4. The van der Waals surface area contributed by atoms with Crippen molar-refractivity contribution in [1.82, 2.24) is 25.2 Å². The summed E-state index contributed by atoms with van der Waals surface area (Å²) in [6, 6.07) is 9.51. The topological polar surface area (TPSA) is 118 Å². The number of H-pyrrole nitrogens is 1. The van der Waals surface area contributed by atoms with Gasteiger partial charge in [0.2, 0.25) is 0 Å². The number of aryl methyl sites for hydroxylation is 1. The molecule has 3 aromatic heterocycles. The van der Waals surface area contributed by atoms with E-state index < -0.39 is 0 Å². The van der Waals surface area contributed by atoms with E-state index in [2.05, 4.69) is 43.1 Å². The maximum Gasteiger partial charge on any atom is 0.269 e. The maximum absolute atomic E-state index is 11.9. The number of hydrogen-bond donors (Lipinski definition) is 2. The third-order valence-electron chi connectivity index (χ3n) is 5.80. The van der Waals surface area contributed by atoms with Crippen LogP contribution in [0.4, 0.5) is 5.69 Å². The minimum atomic E-state index is -0.314. The van der Waals surface area contributed by atoms with Crippen molar-refractivity contribution >= 4 is 22.6 Å². The van der Waals surface area contributed by atoms with E-state index in [4.69, 9.17) is 0 Å². The second-order valence-electron chi connectivity index (χ2n) is 8.09. The molecule has 2 N–H and O–H groups in total. The quantitative estimate of drug-likeness (QED) is 0.644. The number of amides is 1. The summed E-state index contributed by atoms with van der Waals surface area (Å²) in [6.45, 7) is 6.93. The summed E-state index contributed by atoms with van der Waals surface area (Å²) >= 11 is 0. The molecule has 32 heavy (non-hydrogen) atoms. The molecule has 9 heteroatoms. The highest BCUT2D eigenvalue weighted by Gasteiger charge is 2.26. The fourth-order valence-corrected chi connectivity index (χ4v) is 4.12. The van der Waals surface area contributed by atoms with E-state index in [0.29, 0.717) is 5.56 Å². The lowest BCUT2D eigenvalue weighted by Crippen LogP contribution is -2.52. The Morgan fingerprint density at radius 3 is 2.88 bits per heavy atom. The van der Waals surface area contributed by atoms with Gasteiger partial charge in [-0.15, -0.1) is 0 Å². The SMILES string of the molecule is CNC(=O)c1ccc(N2CCN(Cc3cnc4cc(C)c(=O)[nH]c4c3)C[C@H]2C)c(C#N)n1. The summed E-state index contributed by atoms with van der Waals surface area (Å²) in [4.78, 5) is 39.9. The molecule has 164 valence electrons. The van der Waals surface area contributed by atoms with Crippen LogP contribution in [0.1, 0.15) is 34.2 Å². The van der Waals surface area contributed by atoms with Crippen molar-refractivity contribution in [3.05, 3.63) is 63.3 Å². The summed E-state index contributed by atoms with van der Waals surface area (Å²) in [5.74, 6) is -0.314. The van der Waals surface area contributed by atoms with E-state index in [1.165, 1.54) is 7.05 Å². The minimum Gasteiger partial charge on any atom is -0.364 e. The largest absolute Gasteiger partial charge is 0.364 e. The highest BCUT2D eigenvalue weighted by Crippen LogP contribution is 2.25. The zero-order valence-corrected chi connectivity index (χ0v) is 18.3. The lowest BCUT2D eigenvalue weighted by molar-refractivity contribution is 0.0958. The Balaban J connectivity index is 1.49. The van der Waals surface area contributed by atoms with Crippen molar-refractivity contribution in [2.24, 2.45) is 0 Å². The number of aromatic nitrogens is 3. The number of carbonyl (C=O) groups excluding carboxylic acids is 1. The van der Waals surface area contributed by atoms with Gasteiger partial charge in [-0.3, -0.25) is 19.5 Å². The summed E-state index contributed by atoms with van der Waals surface area (Å²) in [5.41, 5.74) is 4.34. The fraction of sp³-hybridized carbons (Fsp3) is 0.348. The van der Waals surface area contributed by atoms with Gasteiger partial charge in [0, 0.05) is 51.0 Å². The molecular weight excluding hydrogens is 406 g/mol. The number of piperazine rings is 1. The molecule has 9 nitrogen and oxygen atoms in total. The van der Waals surface area contributed by atoms with Gasteiger partial charge < -0.3 is 15.2 Å². The zero-order chi connectivity index (χ0) is 22.8. The Labute approximate surface area is 185 Å². The highest BCUT2D eigenvalue weighted by atomic mass is 16.1. The van der Waals surface area contributed by atoms with Crippen LogP contribution in [0.5, 0.6) is 0 Å². The van der Waals surface area contributed by atoms with Gasteiger partial charge in [0.15, 0.2) is 5.69 Å². The predicted octanol–water partition coefficient (Wildman–Crippen LogP) is 1.57. The summed E-state index contributed by atoms with van der Waals surface area (Å²) in [6.07, 6.45) is 1.85. The number of pyridine rings is 3. The van der Waals surface area contributed by atoms with Crippen molar-refractivity contribution in [3.63, 3.8) is 0 Å². The molecule has 4 heterocycles. The number of aromatic amines is 1. The molecule has 0 bridgehead atoms. The van der Waals surface area contributed by atoms with E-state index in [0.717, 1.165) is 48.5 Å². The van der Waals surface area contributed by atoms with E-state index in [9.17, 15) is 14.9 Å². The second kappa shape index (κ2) is 8.77. The van der Waals surface area contributed by atoms with Crippen molar-refractivity contribution in [2.75, 3.05) is 31.6 Å². The van der Waals surface area contributed by atoms with Crippen LogP contribution in [-0.4, -0.2) is 58.5 Å². The first-order valence-corrected chi connectivity index (χ1v) is 10.5. The van der Waals surface area contributed by atoms with E-state index >= 15 is 0 Å². The third kappa shape index (κ3) is 4.18. The average Bonchev–Trinajstić information content (AvgIpc) is 2.79. The second-order valence-corrected chi connectivity index (χ2v) is 8.09. The van der Waals surface area contributed by atoms with Crippen LogP contribution in [0.15, 0.2) is 35.3 Å². The third-order valence-corrected chi connectivity index (χ3v) is 5.80. The van der Waals surface area contributed by atoms with E-state index in [1.807, 2.05) is 12.3 Å². The molecule has 0 aromatic carbocycles. The monoisotopic (exact) mass is 431 g/mol. The Hall–Kier alpha value is -3.77. The number of hydrogen-bond acceptors (Lipinski definition) is 7. The Kier molecular flexibility index (Phi) is 5.88. The average molecular weight is 432 g/mol. The lowest BCUT2D eigenvalue weighted by Gasteiger charge is -2.41. The number of nitrogens with zero attached hydrogens (tertiary/aromatic N) is 5. The van der Waals surface area contributed by atoms with Gasteiger partial charge in [0.25, 0.3) is 11.5 Å². The van der Waals surface area contributed by atoms with Crippen molar-refractivity contribution in [2.45, 2.75) is 26.4 Å². The minimum absolute atomic E-state index is 0.0944. The molecule has 0 saturated carbocycles. The van der Waals surface area contributed by atoms with E-state index in [-0.39, 0.29) is 28.9 Å². The maximum atomic E-state index is 11.9. The Bertz CT molecular complexity index is 1280.